The summed E-state index contributed by atoms with van der Waals surface area (Å²) in [6, 6.07) is 18.1. The molecule has 0 amide bonds. The molecule has 0 radical (unpaired) electrons. The molecule has 0 atom stereocenters. The van der Waals surface area contributed by atoms with Crippen molar-refractivity contribution in [2.75, 3.05) is 0 Å². The van der Waals surface area contributed by atoms with Gasteiger partial charge in [0.25, 0.3) is 0 Å². The molecule has 3 aromatic rings. The van der Waals surface area contributed by atoms with E-state index in [9.17, 15) is 4.79 Å². The number of benzene rings is 2. The SMILES string of the molecule is Cc1cccc(COC(=O)c2ccc(COc3cccc(Cl)c3)o2)c1. The summed E-state index contributed by atoms with van der Waals surface area (Å²) >= 11 is 5.90. The first kappa shape index (κ1) is 17.1. The van der Waals surface area contributed by atoms with Crippen molar-refractivity contribution >= 4 is 17.6 Å². The van der Waals surface area contributed by atoms with Gasteiger partial charge >= 0.3 is 5.97 Å². The van der Waals surface area contributed by atoms with E-state index in [-0.39, 0.29) is 19.0 Å². The normalized spacial score (nSPS) is 10.5. The van der Waals surface area contributed by atoms with Crippen LogP contribution in [0.3, 0.4) is 0 Å². The Morgan fingerprint density at radius 3 is 2.68 bits per heavy atom. The molecule has 4 nitrogen and oxygen atoms in total. The second-order valence-corrected chi connectivity index (χ2v) is 6.01. The molecule has 128 valence electrons. The molecule has 0 bridgehead atoms. The molecule has 1 heterocycles. The minimum atomic E-state index is -0.504. The predicted molar refractivity (Wildman–Crippen MR) is 94.8 cm³/mol. The quantitative estimate of drug-likeness (QED) is 0.571. The Morgan fingerprint density at radius 2 is 1.88 bits per heavy atom. The lowest BCUT2D eigenvalue weighted by Crippen LogP contribution is -2.04. The molecule has 0 aliphatic heterocycles. The van der Waals surface area contributed by atoms with Crippen LogP contribution >= 0.6 is 11.6 Å². The Kier molecular flexibility index (Phi) is 5.41. The lowest BCUT2D eigenvalue weighted by molar-refractivity contribution is 0.0432. The van der Waals surface area contributed by atoms with Crippen LogP contribution in [0.1, 0.15) is 27.4 Å². The van der Waals surface area contributed by atoms with Crippen LogP contribution in [0.4, 0.5) is 0 Å². The summed E-state index contributed by atoms with van der Waals surface area (Å²) in [4.78, 5) is 12.1. The number of carbonyl (C=O) groups is 1. The number of rotatable bonds is 6. The van der Waals surface area contributed by atoms with Crippen LogP contribution in [-0.4, -0.2) is 5.97 Å². The number of ether oxygens (including phenoxy) is 2. The third kappa shape index (κ3) is 4.88. The van der Waals surface area contributed by atoms with Crippen molar-refractivity contribution in [3.05, 3.63) is 88.3 Å². The first-order valence-electron chi connectivity index (χ1n) is 7.80. The van der Waals surface area contributed by atoms with E-state index in [1.54, 1.807) is 36.4 Å². The fourth-order valence-electron chi connectivity index (χ4n) is 2.30. The molecule has 0 unspecified atom stereocenters. The topological polar surface area (TPSA) is 48.7 Å². The minimum absolute atomic E-state index is 0.150. The monoisotopic (exact) mass is 356 g/mol. The van der Waals surface area contributed by atoms with Gasteiger partial charge in [0, 0.05) is 5.02 Å². The van der Waals surface area contributed by atoms with E-state index < -0.39 is 5.97 Å². The van der Waals surface area contributed by atoms with Crippen LogP contribution in [0.25, 0.3) is 0 Å². The lowest BCUT2D eigenvalue weighted by atomic mass is 10.1. The van der Waals surface area contributed by atoms with E-state index in [1.807, 2.05) is 31.2 Å². The largest absolute Gasteiger partial charge is 0.486 e. The maximum Gasteiger partial charge on any atom is 0.374 e. The fourth-order valence-corrected chi connectivity index (χ4v) is 2.48. The van der Waals surface area contributed by atoms with E-state index in [1.165, 1.54) is 0 Å². The number of aryl methyl sites for hydroxylation is 1. The van der Waals surface area contributed by atoms with Crippen molar-refractivity contribution in [1.29, 1.82) is 0 Å². The van der Waals surface area contributed by atoms with Crippen LogP contribution in [0, 0.1) is 6.92 Å². The highest BCUT2D eigenvalue weighted by molar-refractivity contribution is 6.30. The maximum atomic E-state index is 12.1. The third-order valence-corrected chi connectivity index (χ3v) is 3.73. The average molecular weight is 357 g/mol. The Hall–Kier alpha value is -2.72. The van der Waals surface area contributed by atoms with Crippen LogP contribution in [0.15, 0.2) is 65.1 Å². The second-order valence-electron chi connectivity index (χ2n) is 5.58. The highest BCUT2D eigenvalue weighted by Crippen LogP contribution is 2.19. The summed E-state index contributed by atoms with van der Waals surface area (Å²) in [5.41, 5.74) is 2.05. The summed E-state index contributed by atoms with van der Waals surface area (Å²) in [5.74, 6) is 0.808. The van der Waals surface area contributed by atoms with Gasteiger partial charge in [-0.05, 0) is 42.8 Å². The van der Waals surface area contributed by atoms with Crippen LogP contribution < -0.4 is 4.74 Å². The number of halogens is 1. The van der Waals surface area contributed by atoms with Crippen molar-refractivity contribution < 1.29 is 18.7 Å². The zero-order valence-electron chi connectivity index (χ0n) is 13.7. The standard InChI is InChI=1S/C20H17ClO4/c1-14-4-2-5-15(10-14)12-24-20(22)19-9-8-18(25-19)13-23-17-7-3-6-16(21)11-17/h2-11H,12-13H2,1H3. The Morgan fingerprint density at radius 1 is 1.04 bits per heavy atom. The maximum absolute atomic E-state index is 12.1. The predicted octanol–water partition coefficient (Wildman–Crippen LogP) is 5.18. The number of esters is 1. The van der Waals surface area contributed by atoms with E-state index in [0.717, 1.165) is 11.1 Å². The molecule has 1 aromatic heterocycles. The third-order valence-electron chi connectivity index (χ3n) is 3.49. The van der Waals surface area contributed by atoms with E-state index in [4.69, 9.17) is 25.5 Å². The molecule has 0 spiro atoms. The van der Waals surface area contributed by atoms with Gasteiger partial charge < -0.3 is 13.9 Å². The van der Waals surface area contributed by atoms with Crippen molar-refractivity contribution in [2.45, 2.75) is 20.1 Å². The minimum Gasteiger partial charge on any atom is -0.486 e. The smallest absolute Gasteiger partial charge is 0.374 e. The molecular weight excluding hydrogens is 340 g/mol. The van der Waals surface area contributed by atoms with Crippen LogP contribution in [0.5, 0.6) is 5.75 Å². The van der Waals surface area contributed by atoms with Gasteiger partial charge in [-0.1, -0.05) is 47.5 Å². The summed E-state index contributed by atoms with van der Waals surface area (Å²) in [6.07, 6.45) is 0. The second kappa shape index (κ2) is 7.90. The molecule has 0 aliphatic rings. The number of carbonyl (C=O) groups excluding carboxylic acids is 1. The molecule has 25 heavy (non-hydrogen) atoms. The van der Waals surface area contributed by atoms with Gasteiger partial charge in [-0.25, -0.2) is 4.79 Å². The molecule has 2 aromatic carbocycles. The molecule has 0 N–H and O–H groups in total. The molecule has 0 aliphatic carbocycles. The molecular formula is C20H17ClO4. The van der Waals surface area contributed by atoms with Gasteiger partial charge in [0.05, 0.1) is 0 Å². The zero-order chi connectivity index (χ0) is 17.6. The molecule has 0 fully saturated rings. The Bertz CT molecular complexity index is 869. The van der Waals surface area contributed by atoms with E-state index in [2.05, 4.69) is 0 Å². The summed E-state index contributed by atoms with van der Waals surface area (Å²) in [5, 5.41) is 0.595. The molecule has 3 rings (SSSR count). The highest BCUT2D eigenvalue weighted by atomic mass is 35.5. The average Bonchev–Trinajstić information content (AvgIpc) is 3.07. The number of hydrogen-bond donors (Lipinski definition) is 0. The lowest BCUT2D eigenvalue weighted by Gasteiger charge is -2.05. The Labute approximate surface area is 150 Å². The van der Waals surface area contributed by atoms with Crippen molar-refractivity contribution in [3.63, 3.8) is 0 Å². The fraction of sp³-hybridized carbons (Fsp3) is 0.150. The van der Waals surface area contributed by atoms with E-state index in [0.29, 0.717) is 16.5 Å². The van der Waals surface area contributed by atoms with Crippen LogP contribution in [0.2, 0.25) is 5.02 Å². The summed E-state index contributed by atoms with van der Waals surface area (Å²) in [7, 11) is 0. The van der Waals surface area contributed by atoms with E-state index >= 15 is 0 Å². The van der Waals surface area contributed by atoms with Gasteiger partial charge in [-0.2, -0.15) is 0 Å². The van der Waals surface area contributed by atoms with Crippen molar-refractivity contribution in [1.82, 2.24) is 0 Å². The Balaban J connectivity index is 1.54. The first-order chi connectivity index (χ1) is 12.1. The van der Waals surface area contributed by atoms with Crippen LogP contribution in [-0.2, 0) is 18.0 Å². The first-order valence-corrected chi connectivity index (χ1v) is 8.18. The molecule has 0 saturated carbocycles. The summed E-state index contributed by atoms with van der Waals surface area (Å²) in [6.45, 7) is 2.39. The molecule has 0 saturated heterocycles. The van der Waals surface area contributed by atoms with Crippen molar-refractivity contribution in [3.8, 4) is 5.75 Å². The summed E-state index contributed by atoms with van der Waals surface area (Å²) < 4.78 is 16.3. The highest BCUT2D eigenvalue weighted by Gasteiger charge is 2.13. The van der Waals surface area contributed by atoms with Gasteiger partial charge in [-0.3, -0.25) is 0 Å². The number of hydrogen-bond acceptors (Lipinski definition) is 4. The number of furan rings is 1. The van der Waals surface area contributed by atoms with Gasteiger partial charge in [0.1, 0.15) is 24.7 Å². The van der Waals surface area contributed by atoms with Gasteiger partial charge in [0.15, 0.2) is 0 Å². The van der Waals surface area contributed by atoms with Crippen molar-refractivity contribution in [2.24, 2.45) is 0 Å². The van der Waals surface area contributed by atoms with Gasteiger partial charge in [-0.15, -0.1) is 0 Å². The van der Waals surface area contributed by atoms with Gasteiger partial charge in [0.2, 0.25) is 5.76 Å². The molecule has 5 heteroatoms. The zero-order valence-corrected chi connectivity index (χ0v) is 14.5.